The highest BCUT2D eigenvalue weighted by atomic mass is 35.5. The van der Waals surface area contributed by atoms with Crippen LogP contribution in [0.1, 0.15) is 21.5 Å². The standard InChI is InChI=1S/C23H20ClN3O/c24-18-10-6-9-17(13-18)21(28)14-27-15-22(25)26-23(16-7-2-1-3-8-16)19-11-4-5-12-20(19)27/h1-13,22H,14-15,25H2. The molecule has 2 N–H and O–H groups in total. The van der Waals surface area contributed by atoms with Gasteiger partial charge in [-0.2, -0.15) is 0 Å². The highest BCUT2D eigenvalue weighted by Crippen LogP contribution is 2.27. The number of benzene rings is 3. The van der Waals surface area contributed by atoms with Gasteiger partial charge in [0.1, 0.15) is 6.17 Å². The maximum Gasteiger partial charge on any atom is 0.182 e. The van der Waals surface area contributed by atoms with E-state index in [1.165, 1.54) is 0 Å². The molecule has 0 aliphatic carbocycles. The van der Waals surface area contributed by atoms with Gasteiger partial charge in [0.25, 0.3) is 0 Å². The molecule has 0 amide bonds. The van der Waals surface area contributed by atoms with Gasteiger partial charge in [-0.15, -0.1) is 0 Å². The van der Waals surface area contributed by atoms with Gasteiger partial charge >= 0.3 is 0 Å². The van der Waals surface area contributed by atoms with Gasteiger partial charge in [0.2, 0.25) is 0 Å². The van der Waals surface area contributed by atoms with E-state index in [0.29, 0.717) is 17.1 Å². The highest BCUT2D eigenvalue weighted by Gasteiger charge is 2.24. The molecular formula is C23H20ClN3O. The fourth-order valence-electron chi connectivity index (χ4n) is 3.45. The first-order valence-electron chi connectivity index (χ1n) is 9.14. The van der Waals surface area contributed by atoms with Crippen molar-refractivity contribution >= 4 is 28.8 Å². The van der Waals surface area contributed by atoms with Gasteiger partial charge in [0, 0.05) is 27.4 Å². The number of benzodiazepines with no additional fused rings is 1. The van der Waals surface area contributed by atoms with Gasteiger partial charge in [-0.1, -0.05) is 72.3 Å². The molecule has 1 atom stereocenters. The van der Waals surface area contributed by atoms with E-state index in [1.54, 1.807) is 24.3 Å². The predicted octanol–water partition coefficient (Wildman–Crippen LogP) is 4.17. The quantitative estimate of drug-likeness (QED) is 0.681. The SMILES string of the molecule is NC1CN(CC(=O)c2cccc(Cl)c2)c2ccccc2C(c2ccccc2)=N1. The first-order chi connectivity index (χ1) is 13.6. The molecule has 3 aromatic carbocycles. The number of nitrogens with zero attached hydrogens (tertiary/aromatic N) is 2. The zero-order valence-corrected chi connectivity index (χ0v) is 16.0. The number of anilines is 1. The molecule has 4 nitrogen and oxygen atoms in total. The molecule has 3 aromatic rings. The second-order valence-corrected chi connectivity index (χ2v) is 7.18. The monoisotopic (exact) mass is 389 g/mol. The van der Waals surface area contributed by atoms with E-state index in [2.05, 4.69) is 0 Å². The molecule has 0 saturated heterocycles. The Bertz CT molecular complexity index is 1030. The van der Waals surface area contributed by atoms with Crippen molar-refractivity contribution in [2.45, 2.75) is 6.17 Å². The zero-order valence-electron chi connectivity index (χ0n) is 15.3. The lowest BCUT2D eigenvalue weighted by molar-refractivity contribution is 0.0999. The molecule has 0 aromatic heterocycles. The average molecular weight is 390 g/mol. The predicted molar refractivity (Wildman–Crippen MR) is 114 cm³/mol. The average Bonchev–Trinajstić information content (AvgIpc) is 2.85. The van der Waals surface area contributed by atoms with Crippen LogP contribution in [0, 0.1) is 0 Å². The van der Waals surface area contributed by atoms with E-state index in [4.69, 9.17) is 22.3 Å². The lowest BCUT2D eigenvalue weighted by Crippen LogP contribution is -2.38. The van der Waals surface area contributed by atoms with E-state index in [-0.39, 0.29) is 12.3 Å². The Labute approximate surface area is 169 Å². The first kappa shape index (κ1) is 18.4. The Hall–Kier alpha value is -2.95. The molecule has 4 rings (SSSR count). The van der Waals surface area contributed by atoms with Crippen LogP contribution in [0.5, 0.6) is 0 Å². The summed E-state index contributed by atoms with van der Waals surface area (Å²) >= 11 is 6.04. The number of Topliss-reactive ketones (excluding diaryl/α,β-unsaturated/α-hetero) is 1. The summed E-state index contributed by atoms with van der Waals surface area (Å²) in [7, 11) is 0. The van der Waals surface area contributed by atoms with Crippen LogP contribution in [0.3, 0.4) is 0 Å². The number of aliphatic imine (C=N–C) groups is 1. The number of fused-ring (bicyclic) bond motifs is 1. The fourth-order valence-corrected chi connectivity index (χ4v) is 3.64. The molecule has 140 valence electrons. The maximum absolute atomic E-state index is 12.9. The van der Waals surface area contributed by atoms with Gasteiger partial charge in [0.05, 0.1) is 18.8 Å². The van der Waals surface area contributed by atoms with Gasteiger partial charge in [-0.25, -0.2) is 0 Å². The summed E-state index contributed by atoms with van der Waals surface area (Å²) in [6.45, 7) is 0.669. The summed E-state index contributed by atoms with van der Waals surface area (Å²) in [6, 6.07) is 25.0. The number of para-hydroxylation sites is 1. The van der Waals surface area contributed by atoms with Crippen LogP contribution in [0.4, 0.5) is 5.69 Å². The van der Waals surface area contributed by atoms with Crippen LogP contribution in [-0.4, -0.2) is 30.8 Å². The summed E-state index contributed by atoms with van der Waals surface area (Å²) < 4.78 is 0. The van der Waals surface area contributed by atoms with E-state index >= 15 is 0 Å². The number of ketones is 1. The maximum atomic E-state index is 12.9. The lowest BCUT2D eigenvalue weighted by Gasteiger charge is -2.25. The smallest absolute Gasteiger partial charge is 0.182 e. The third-order valence-electron chi connectivity index (χ3n) is 4.73. The summed E-state index contributed by atoms with van der Waals surface area (Å²) in [6.07, 6.45) is -0.435. The van der Waals surface area contributed by atoms with E-state index in [1.807, 2.05) is 59.5 Å². The van der Waals surface area contributed by atoms with Gasteiger partial charge in [0.15, 0.2) is 5.78 Å². The van der Waals surface area contributed by atoms with Crippen molar-refractivity contribution in [3.8, 4) is 0 Å². The molecule has 1 aliphatic rings. The van der Waals surface area contributed by atoms with E-state index in [9.17, 15) is 4.79 Å². The van der Waals surface area contributed by atoms with Crippen LogP contribution in [0.25, 0.3) is 0 Å². The number of hydrogen-bond donors (Lipinski definition) is 1. The van der Waals surface area contributed by atoms with Crippen LogP contribution < -0.4 is 10.6 Å². The van der Waals surface area contributed by atoms with Crippen molar-refractivity contribution in [1.82, 2.24) is 0 Å². The van der Waals surface area contributed by atoms with Crippen LogP contribution in [-0.2, 0) is 0 Å². The summed E-state index contributed by atoms with van der Waals surface area (Å²) in [4.78, 5) is 19.6. The second kappa shape index (κ2) is 7.97. The molecule has 1 aliphatic heterocycles. The molecule has 0 fully saturated rings. The number of nitrogens with two attached hydrogens (primary N) is 1. The molecule has 1 unspecified atom stereocenters. The highest BCUT2D eigenvalue weighted by molar-refractivity contribution is 6.31. The summed E-state index contributed by atoms with van der Waals surface area (Å²) in [5.74, 6) is -0.00679. The Morgan fingerprint density at radius 1 is 1.04 bits per heavy atom. The largest absolute Gasteiger partial charge is 0.360 e. The molecule has 5 heteroatoms. The summed E-state index contributed by atoms with van der Waals surface area (Å²) in [5, 5.41) is 0.550. The third-order valence-corrected chi connectivity index (χ3v) is 4.97. The minimum Gasteiger partial charge on any atom is -0.360 e. The second-order valence-electron chi connectivity index (χ2n) is 6.74. The lowest BCUT2D eigenvalue weighted by atomic mass is 10.00. The molecule has 0 radical (unpaired) electrons. The Morgan fingerprint density at radius 2 is 1.79 bits per heavy atom. The third kappa shape index (κ3) is 3.84. The Balaban J connectivity index is 1.71. The fraction of sp³-hybridized carbons (Fsp3) is 0.130. The molecule has 0 bridgehead atoms. The van der Waals surface area contributed by atoms with Crippen LogP contribution >= 0.6 is 11.6 Å². The minimum absolute atomic E-state index is 0.00679. The van der Waals surface area contributed by atoms with E-state index < -0.39 is 6.17 Å². The number of carbonyl (C=O) groups is 1. The first-order valence-corrected chi connectivity index (χ1v) is 9.51. The van der Waals surface area contributed by atoms with Crippen molar-refractivity contribution in [1.29, 1.82) is 0 Å². The molecule has 0 spiro atoms. The van der Waals surface area contributed by atoms with Gasteiger partial charge < -0.3 is 10.6 Å². The molecule has 1 heterocycles. The van der Waals surface area contributed by atoms with Crippen molar-refractivity contribution in [3.05, 3.63) is 101 Å². The minimum atomic E-state index is -0.435. The Kier molecular flexibility index (Phi) is 5.24. The molecular weight excluding hydrogens is 370 g/mol. The van der Waals surface area contributed by atoms with Crippen molar-refractivity contribution in [2.75, 3.05) is 18.0 Å². The molecule has 0 saturated carbocycles. The van der Waals surface area contributed by atoms with E-state index in [0.717, 1.165) is 22.5 Å². The number of hydrogen-bond acceptors (Lipinski definition) is 4. The van der Waals surface area contributed by atoms with Crippen LogP contribution in [0.15, 0.2) is 83.9 Å². The molecule has 28 heavy (non-hydrogen) atoms. The van der Waals surface area contributed by atoms with Crippen molar-refractivity contribution < 1.29 is 4.79 Å². The number of rotatable bonds is 4. The zero-order chi connectivity index (χ0) is 19.5. The van der Waals surface area contributed by atoms with Gasteiger partial charge in [-0.3, -0.25) is 9.79 Å². The van der Waals surface area contributed by atoms with Crippen molar-refractivity contribution in [2.24, 2.45) is 10.7 Å². The van der Waals surface area contributed by atoms with Crippen molar-refractivity contribution in [3.63, 3.8) is 0 Å². The van der Waals surface area contributed by atoms with Gasteiger partial charge in [-0.05, 0) is 18.2 Å². The summed E-state index contributed by atoms with van der Waals surface area (Å²) in [5.41, 5.74) is 10.7. The normalized spacial score (nSPS) is 16.1. The topological polar surface area (TPSA) is 58.7 Å². The Morgan fingerprint density at radius 3 is 2.57 bits per heavy atom. The van der Waals surface area contributed by atoms with Crippen LogP contribution in [0.2, 0.25) is 5.02 Å². The number of halogens is 1. The number of carbonyl (C=O) groups excluding carboxylic acids is 1.